The van der Waals surface area contributed by atoms with Crippen molar-refractivity contribution < 1.29 is 14.7 Å². The zero-order valence-corrected chi connectivity index (χ0v) is 14.1. The molecule has 2 aromatic rings. The molecular formula is C19H18N4O3. The number of benzene rings is 2. The van der Waals surface area contributed by atoms with Crippen LogP contribution in [0, 0.1) is 5.92 Å². The second-order valence-corrected chi connectivity index (χ2v) is 5.77. The van der Waals surface area contributed by atoms with E-state index in [0.717, 1.165) is 0 Å². The Hall–Kier alpha value is -3.32. The number of amides is 2. The number of aliphatic hydroxyl groups is 1. The number of carbonyl (C=O) groups excluding carboxylic acids is 2. The molecule has 1 aliphatic rings. The zero-order chi connectivity index (χ0) is 18.5. The molecule has 0 saturated carbocycles. The molecule has 0 bridgehead atoms. The molecule has 2 atom stereocenters. The van der Waals surface area contributed by atoms with Gasteiger partial charge in [-0.05, 0) is 24.6 Å². The highest BCUT2D eigenvalue weighted by Gasteiger charge is 2.33. The average molecular weight is 350 g/mol. The number of nitrogens with one attached hydrogen (secondary N) is 1. The molecule has 0 spiro atoms. The summed E-state index contributed by atoms with van der Waals surface area (Å²) in [5, 5.41) is 19.4. The Morgan fingerprint density at radius 3 is 2.46 bits per heavy atom. The molecule has 1 aliphatic heterocycles. The fourth-order valence-electron chi connectivity index (χ4n) is 2.53. The van der Waals surface area contributed by atoms with E-state index < -0.39 is 17.9 Å². The van der Waals surface area contributed by atoms with E-state index in [-0.39, 0.29) is 5.91 Å². The molecular weight excluding hydrogens is 332 g/mol. The Morgan fingerprint density at radius 1 is 1.19 bits per heavy atom. The van der Waals surface area contributed by atoms with E-state index in [1.54, 1.807) is 49.4 Å². The lowest BCUT2D eigenvalue weighted by Crippen LogP contribution is -2.30. The molecule has 0 radical (unpaired) electrons. The number of nitrogens with zero attached hydrogens (tertiary/aromatic N) is 3. The van der Waals surface area contributed by atoms with Gasteiger partial charge in [0.1, 0.15) is 5.92 Å². The largest absolute Gasteiger partial charge is 0.378 e. The van der Waals surface area contributed by atoms with Crippen molar-refractivity contribution in [2.24, 2.45) is 16.1 Å². The number of aliphatic hydroxyl groups excluding tert-OH is 1. The van der Waals surface area contributed by atoms with E-state index in [1.165, 1.54) is 11.2 Å². The second kappa shape index (κ2) is 7.71. The molecule has 132 valence electrons. The molecule has 1 heterocycles. The monoisotopic (exact) mass is 350 g/mol. The topological polar surface area (TPSA) is 94.4 Å². The lowest BCUT2D eigenvalue weighted by atomic mass is 10.1. The fourth-order valence-corrected chi connectivity index (χ4v) is 2.53. The lowest BCUT2D eigenvalue weighted by Gasteiger charge is -2.12. The SMILES string of the molecule is CC1=NN(c2ccccc2)C(=O)[C@H]1/C=N\NC(=O)[C@@H](O)c1ccccc1. The number of hydrazone groups is 2. The Kier molecular flexibility index (Phi) is 5.19. The molecule has 2 aromatic carbocycles. The van der Waals surface area contributed by atoms with Gasteiger partial charge in [0.15, 0.2) is 6.10 Å². The number of carbonyl (C=O) groups is 2. The molecule has 0 saturated heterocycles. The van der Waals surface area contributed by atoms with Crippen molar-refractivity contribution in [1.29, 1.82) is 0 Å². The van der Waals surface area contributed by atoms with Crippen LogP contribution >= 0.6 is 0 Å². The summed E-state index contributed by atoms with van der Waals surface area (Å²) in [6.45, 7) is 1.72. The second-order valence-electron chi connectivity index (χ2n) is 5.77. The maximum Gasteiger partial charge on any atom is 0.273 e. The van der Waals surface area contributed by atoms with Gasteiger partial charge in [0, 0.05) is 6.21 Å². The lowest BCUT2D eigenvalue weighted by molar-refractivity contribution is -0.129. The smallest absolute Gasteiger partial charge is 0.273 e. The zero-order valence-electron chi connectivity index (χ0n) is 14.1. The highest BCUT2D eigenvalue weighted by molar-refractivity contribution is 6.23. The molecule has 0 fully saturated rings. The highest BCUT2D eigenvalue weighted by Crippen LogP contribution is 2.22. The van der Waals surface area contributed by atoms with Crippen molar-refractivity contribution in [3.05, 3.63) is 66.2 Å². The van der Waals surface area contributed by atoms with Crippen LogP contribution in [0.15, 0.2) is 70.9 Å². The number of hydrogen-bond acceptors (Lipinski definition) is 5. The van der Waals surface area contributed by atoms with Gasteiger partial charge in [-0.2, -0.15) is 15.2 Å². The van der Waals surface area contributed by atoms with Crippen LogP contribution in [-0.2, 0) is 9.59 Å². The Bertz CT molecular complexity index is 850. The fraction of sp³-hybridized carbons (Fsp3) is 0.158. The first-order valence-corrected chi connectivity index (χ1v) is 8.08. The van der Waals surface area contributed by atoms with Crippen LogP contribution in [0.4, 0.5) is 5.69 Å². The van der Waals surface area contributed by atoms with Gasteiger partial charge in [-0.3, -0.25) is 9.59 Å². The Balaban J connectivity index is 1.63. The molecule has 3 rings (SSSR count). The first kappa shape index (κ1) is 17.5. The third-order valence-electron chi connectivity index (χ3n) is 3.95. The Morgan fingerprint density at radius 2 is 1.81 bits per heavy atom. The van der Waals surface area contributed by atoms with Crippen LogP contribution in [0.25, 0.3) is 0 Å². The van der Waals surface area contributed by atoms with Gasteiger partial charge >= 0.3 is 0 Å². The number of rotatable bonds is 5. The van der Waals surface area contributed by atoms with Gasteiger partial charge in [0.2, 0.25) is 0 Å². The van der Waals surface area contributed by atoms with Gasteiger partial charge in [-0.1, -0.05) is 48.5 Å². The minimum atomic E-state index is -1.33. The number of anilines is 1. The summed E-state index contributed by atoms with van der Waals surface area (Å²) in [6, 6.07) is 17.6. The van der Waals surface area contributed by atoms with E-state index >= 15 is 0 Å². The van der Waals surface area contributed by atoms with E-state index in [4.69, 9.17) is 0 Å². The summed E-state index contributed by atoms with van der Waals surface area (Å²) in [6.07, 6.45) is -0.0112. The number of para-hydroxylation sites is 1. The molecule has 0 aromatic heterocycles. The molecule has 7 nitrogen and oxygen atoms in total. The molecule has 2 amide bonds. The first-order chi connectivity index (χ1) is 12.6. The van der Waals surface area contributed by atoms with Crippen molar-refractivity contribution >= 4 is 29.4 Å². The van der Waals surface area contributed by atoms with Crippen molar-refractivity contribution in [3.8, 4) is 0 Å². The quantitative estimate of drug-likeness (QED) is 0.636. The summed E-state index contributed by atoms with van der Waals surface area (Å²) < 4.78 is 0. The van der Waals surface area contributed by atoms with Gasteiger partial charge in [0.05, 0.1) is 11.4 Å². The summed E-state index contributed by atoms with van der Waals surface area (Å²) >= 11 is 0. The number of hydrogen-bond donors (Lipinski definition) is 2. The minimum Gasteiger partial charge on any atom is -0.378 e. The maximum atomic E-state index is 12.5. The molecule has 0 aliphatic carbocycles. The van der Waals surface area contributed by atoms with Crippen LogP contribution < -0.4 is 10.4 Å². The van der Waals surface area contributed by atoms with Crippen LogP contribution in [0.2, 0.25) is 0 Å². The van der Waals surface area contributed by atoms with Gasteiger partial charge in [0.25, 0.3) is 11.8 Å². The van der Waals surface area contributed by atoms with Gasteiger partial charge < -0.3 is 5.11 Å². The van der Waals surface area contributed by atoms with Gasteiger partial charge in [-0.15, -0.1) is 0 Å². The maximum absolute atomic E-state index is 12.5. The van der Waals surface area contributed by atoms with Crippen LogP contribution in [0.1, 0.15) is 18.6 Å². The highest BCUT2D eigenvalue weighted by atomic mass is 16.3. The average Bonchev–Trinajstić information content (AvgIpc) is 2.97. The summed E-state index contributed by atoms with van der Waals surface area (Å²) in [5.41, 5.74) is 3.95. The van der Waals surface area contributed by atoms with E-state index in [1.807, 2.05) is 18.2 Å². The van der Waals surface area contributed by atoms with Crippen molar-refractivity contribution in [1.82, 2.24) is 5.43 Å². The predicted molar refractivity (Wildman–Crippen MR) is 98.6 cm³/mol. The summed E-state index contributed by atoms with van der Waals surface area (Å²) in [5.74, 6) is -1.59. The molecule has 2 N–H and O–H groups in total. The van der Waals surface area contributed by atoms with E-state index in [0.29, 0.717) is 17.0 Å². The molecule has 7 heteroatoms. The Labute approximate surface area is 150 Å². The van der Waals surface area contributed by atoms with Crippen LogP contribution in [-0.4, -0.2) is 28.8 Å². The van der Waals surface area contributed by atoms with Crippen LogP contribution in [0.5, 0.6) is 0 Å². The third kappa shape index (κ3) is 3.68. The molecule has 26 heavy (non-hydrogen) atoms. The first-order valence-electron chi connectivity index (χ1n) is 8.08. The van der Waals surface area contributed by atoms with Crippen molar-refractivity contribution in [2.45, 2.75) is 13.0 Å². The molecule has 0 unspecified atom stereocenters. The third-order valence-corrected chi connectivity index (χ3v) is 3.95. The summed E-state index contributed by atoms with van der Waals surface area (Å²) in [4.78, 5) is 24.5. The summed E-state index contributed by atoms with van der Waals surface area (Å²) in [7, 11) is 0. The van der Waals surface area contributed by atoms with E-state index in [2.05, 4.69) is 15.6 Å². The van der Waals surface area contributed by atoms with E-state index in [9.17, 15) is 14.7 Å². The van der Waals surface area contributed by atoms with Crippen LogP contribution in [0.3, 0.4) is 0 Å². The standard InChI is InChI=1S/C19H18N4O3/c1-13-16(19(26)23(22-13)15-10-6-3-7-11-15)12-20-21-18(25)17(24)14-8-4-2-5-9-14/h2-12,16-17,24H,1H3,(H,21,25)/b20-12-/t16-,17-/m0/s1. The van der Waals surface area contributed by atoms with Crippen molar-refractivity contribution in [2.75, 3.05) is 5.01 Å². The minimum absolute atomic E-state index is 0.254. The van der Waals surface area contributed by atoms with Crippen molar-refractivity contribution in [3.63, 3.8) is 0 Å². The predicted octanol–water partition coefficient (Wildman–Crippen LogP) is 1.86. The normalized spacial score (nSPS) is 18.1. The van der Waals surface area contributed by atoms with Gasteiger partial charge in [-0.25, -0.2) is 5.43 Å².